The summed E-state index contributed by atoms with van der Waals surface area (Å²) in [4.78, 5) is 1.17. The summed E-state index contributed by atoms with van der Waals surface area (Å²) in [5, 5.41) is 0. The molecule has 1 aliphatic rings. The van der Waals surface area contributed by atoms with E-state index in [2.05, 4.69) is 38.3 Å². The van der Waals surface area contributed by atoms with E-state index in [-0.39, 0.29) is 0 Å². The van der Waals surface area contributed by atoms with Gasteiger partial charge in [-0.1, -0.05) is 21.6 Å². The fourth-order valence-electron chi connectivity index (χ4n) is 1.93. The Labute approximate surface area is 99.5 Å². The molecule has 0 atom stereocenters. The van der Waals surface area contributed by atoms with E-state index in [1.807, 2.05) is 6.20 Å². The maximum absolute atomic E-state index is 5.83. The zero-order valence-corrected chi connectivity index (χ0v) is 10.5. The van der Waals surface area contributed by atoms with Gasteiger partial charge in [-0.05, 0) is 49.4 Å². The minimum Gasteiger partial charge on any atom is -0.301 e. The van der Waals surface area contributed by atoms with Crippen LogP contribution in [0.2, 0.25) is 0 Å². The number of hydrogen-bond donors (Lipinski definition) is 1. The molecule has 1 aliphatic heterocycles. The highest BCUT2D eigenvalue weighted by atomic mass is 35.5. The van der Waals surface area contributed by atoms with Crippen LogP contribution in [0.1, 0.15) is 22.3 Å². The third kappa shape index (κ3) is 2.14. The fraction of sp³-hybridized carbons (Fsp3) is 0.273. The monoisotopic (exact) mass is 240 g/mol. The summed E-state index contributed by atoms with van der Waals surface area (Å²) in [6, 6.07) is 4.39. The van der Waals surface area contributed by atoms with E-state index < -0.39 is 0 Å². The van der Waals surface area contributed by atoms with Gasteiger partial charge >= 0.3 is 0 Å². The first kappa shape index (κ1) is 10.9. The summed E-state index contributed by atoms with van der Waals surface area (Å²) in [6.45, 7) is 6.38. The number of nitrogens with one attached hydrogen (secondary N) is 1. The first-order chi connectivity index (χ1) is 7.08. The second-order valence-electron chi connectivity index (χ2n) is 3.75. The molecule has 1 aromatic carbocycles. The minimum atomic E-state index is 1.17. The van der Waals surface area contributed by atoms with Gasteiger partial charge in [0.05, 0.1) is 4.91 Å². The molecule has 15 heavy (non-hydrogen) atoms. The van der Waals surface area contributed by atoms with Gasteiger partial charge < -0.3 is 5.43 Å². The van der Waals surface area contributed by atoms with E-state index in [0.29, 0.717) is 0 Å². The SMILES string of the molecule is Cc1cc(C)c(C2=CNN(Cl)S2)c(C)c1. The van der Waals surface area contributed by atoms with Crippen molar-refractivity contribution in [1.82, 2.24) is 9.36 Å². The van der Waals surface area contributed by atoms with Gasteiger partial charge in [-0.25, -0.2) is 0 Å². The summed E-state index contributed by atoms with van der Waals surface area (Å²) in [5.74, 6) is 0. The Bertz CT molecular complexity index is 406. The lowest BCUT2D eigenvalue weighted by Gasteiger charge is -2.11. The first-order valence-corrected chi connectivity index (χ1v) is 5.87. The minimum absolute atomic E-state index is 1.17. The van der Waals surface area contributed by atoms with Crippen molar-refractivity contribution in [1.29, 1.82) is 0 Å². The molecule has 0 saturated carbocycles. The van der Waals surface area contributed by atoms with Crippen molar-refractivity contribution < 1.29 is 0 Å². The van der Waals surface area contributed by atoms with Crippen molar-refractivity contribution in [2.45, 2.75) is 20.8 Å². The van der Waals surface area contributed by atoms with Crippen LogP contribution in [0.4, 0.5) is 0 Å². The van der Waals surface area contributed by atoms with Gasteiger partial charge in [-0.15, -0.1) is 0 Å². The van der Waals surface area contributed by atoms with Crippen molar-refractivity contribution in [2.75, 3.05) is 0 Å². The average Bonchev–Trinajstić information content (AvgIpc) is 2.49. The number of benzene rings is 1. The van der Waals surface area contributed by atoms with Gasteiger partial charge in [0.1, 0.15) is 0 Å². The third-order valence-electron chi connectivity index (χ3n) is 2.40. The standard InChI is InChI=1S/C11H13ClN2S/c1-7-4-8(2)11(9(3)5-7)10-6-13-14(12)15-10/h4-6,13H,1-3H3. The van der Waals surface area contributed by atoms with E-state index in [4.69, 9.17) is 11.8 Å². The molecule has 80 valence electrons. The zero-order chi connectivity index (χ0) is 11.0. The number of nitrogens with zero attached hydrogens (tertiary/aromatic N) is 1. The van der Waals surface area contributed by atoms with Crippen LogP contribution in [0.5, 0.6) is 0 Å². The molecule has 0 unspecified atom stereocenters. The molecule has 1 N–H and O–H groups in total. The summed E-state index contributed by atoms with van der Waals surface area (Å²) in [6.07, 6.45) is 1.93. The molecular formula is C11H13ClN2S. The molecule has 0 fully saturated rings. The Morgan fingerprint density at radius 3 is 2.27 bits per heavy atom. The maximum Gasteiger partial charge on any atom is 0.0510 e. The van der Waals surface area contributed by atoms with E-state index in [1.54, 1.807) is 0 Å². The first-order valence-electron chi connectivity index (χ1n) is 4.76. The van der Waals surface area contributed by atoms with Crippen molar-refractivity contribution in [3.63, 3.8) is 0 Å². The second kappa shape index (κ2) is 4.08. The normalized spacial score (nSPS) is 16.4. The van der Waals surface area contributed by atoms with Gasteiger partial charge in [0, 0.05) is 18.0 Å². The number of hydrogen-bond acceptors (Lipinski definition) is 3. The number of hydrazine groups is 1. The molecule has 0 amide bonds. The highest BCUT2D eigenvalue weighted by Gasteiger charge is 2.17. The largest absolute Gasteiger partial charge is 0.301 e. The van der Waals surface area contributed by atoms with E-state index in [0.717, 1.165) is 0 Å². The fourth-order valence-corrected chi connectivity index (χ4v) is 3.00. The molecule has 1 aromatic rings. The molecule has 1 heterocycles. The van der Waals surface area contributed by atoms with Crippen molar-refractivity contribution in [2.24, 2.45) is 0 Å². The predicted octanol–water partition coefficient (Wildman–Crippen LogP) is 3.53. The Balaban J connectivity index is 2.45. The number of rotatable bonds is 1. The molecule has 0 bridgehead atoms. The predicted molar refractivity (Wildman–Crippen MR) is 67.0 cm³/mol. The number of aryl methyl sites for hydroxylation is 3. The van der Waals surface area contributed by atoms with Crippen LogP contribution in [-0.4, -0.2) is 3.93 Å². The van der Waals surface area contributed by atoms with Gasteiger partial charge in [-0.2, -0.15) is 0 Å². The van der Waals surface area contributed by atoms with Crippen LogP contribution < -0.4 is 5.43 Å². The average molecular weight is 241 g/mol. The summed E-state index contributed by atoms with van der Waals surface area (Å²) < 4.78 is 1.48. The van der Waals surface area contributed by atoms with Crippen LogP contribution in [0.3, 0.4) is 0 Å². The quantitative estimate of drug-likeness (QED) is 0.597. The maximum atomic E-state index is 5.83. The molecule has 4 heteroatoms. The van der Waals surface area contributed by atoms with Gasteiger partial charge in [-0.3, -0.25) is 0 Å². The zero-order valence-electron chi connectivity index (χ0n) is 8.97. The van der Waals surface area contributed by atoms with Gasteiger partial charge in [0.25, 0.3) is 0 Å². The molecule has 2 rings (SSSR count). The molecule has 0 radical (unpaired) electrons. The summed E-state index contributed by atoms with van der Waals surface area (Å²) in [7, 11) is 0. The molecule has 0 aliphatic carbocycles. The molecule has 0 aromatic heterocycles. The van der Waals surface area contributed by atoms with E-state index in [9.17, 15) is 0 Å². The molecular weight excluding hydrogens is 228 g/mol. The van der Waals surface area contributed by atoms with Crippen LogP contribution in [0.15, 0.2) is 18.3 Å². The third-order valence-corrected chi connectivity index (χ3v) is 3.49. The molecule has 0 saturated heterocycles. The highest BCUT2D eigenvalue weighted by Crippen LogP contribution is 2.37. The Kier molecular flexibility index (Phi) is 2.96. The summed E-state index contributed by atoms with van der Waals surface area (Å²) >= 11 is 7.33. The molecule has 0 spiro atoms. The van der Waals surface area contributed by atoms with Crippen LogP contribution in [0.25, 0.3) is 4.91 Å². The highest BCUT2D eigenvalue weighted by molar-refractivity contribution is 8.07. The Morgan fingerprint density at radius 1 is 1.20 bits per heavy atom. The number of halogens is 1. The molecule has 2 nitrogen and oxygen atoms in total. The van der Waals surface area contributed by atoms with Crippen LogP contribution in [-0.2, 0) is 0 Å². The van der Waals surface area contributed by atoms with Crippen molar-refractivity contribution in [3.05, 3.63) is 40.6 Å². The van der Waals surface area contributed by atoms with Gasteiger partial charge in [0.2, 0.25) is 0 Å². The van der Waals surface area contributed by atoms with E-state index >= 15 is 0 Å². The van der Waals surface area contributed by atoms with Gasteiger partial charge in [0.15, 0.2) is 0 Å². The summed E-state index contributed by atoms with van der Waals surface area (Å²) in [5.41, 5.74) is 8.10. The van der Waals surface area contributed by atoms with Crippen LogP contribution in [0, 0.1) is 20.8 Å². The van der Waals surface area contributed by atoms with Crippen LogP contribution >= 0.6 is 23.7 Å². The smallest absolute Gasteiger partial charge is 0.0510 e. The Hall–Kier alpha value is -0.640. The topological polar surface area (TPSA) is 15.3 Å². The lowest BCUT2D eigenvalue weighted by atomic mass is 10.00. The van der Waals surface area contributed by atoms with Crippen molar-refractivity contribution in [3.8, 4) is 0 Å². The lowest BCUT2D eigenvalue weighted by Crippen LogP contribution is -2.10. The second-order valence-corrected chi connectivity index (χ2v) is 5.27. The van der Waals surface area contributed by atoms with Crippen molar-refractivity contribution >= 4 is 28.6 Å². The van der Waals surface area contributed by atoms with E-state index in [1.165, 1.54) is 43.0 Å². The Morgan fingerprint density at radius 2 is 1.80 bits per heavy atom. The lowest BCUT2D eigenvalue weighted by molar-refractivity contribution is 0.650.